The largest absolute Gasteiger partial charge is 0.442 e. The molecule has 0 aliphatic carbocycles. The fraction of sp³-hybridized carbons (Fsp3) is 0. The average molecular weight is 174 g/mol. The van der Waals surface area contributed by atoms with Gasteiger partial charge in [0.2, 0.25) is 0 Å². The third-order valence-corrected chi connectivity index (χ3v) is 1.61. The molecule has 0 unspecified atom stereocenters. The van der Waals surface area contributed by atoms with Crippen LogP contribution in [0.1, 0.15) is 10.4 Å². The molecule has 2 heterocycles. The lowest BCUT2D eigenvalue weighted by Crippen LogP contribution is -1.84. The molecule has 0 saturated carbocycles. The van der Waals surface area contributed by atoms with Gasteiger partial charge in [-0.05, 0) is 12.1 Å². The zero-order valence-corrected chi connectivity index (χ0v) is 6.68. The van der Waals surface area contributed by atoms with Crippen LogP contribution in [0.2, 0.25) is 0 Å². The summed E-state index contributed by atoms with van der Waals surface area (Å²) in [6.07, 6.45) is 5.15. The number of pyridine rings is 1. The predicted octanol–water partition coefficient (Wildman–Crippen LogP) is 1.55. The molecule has 13 heavy (non-hydrogen) atoms. The van der Waals surface area contributed by atoms with Crippen LogP contribution in [0, 0.1) is 0 Å². The number of carbonyl (C=O) groups excluding carboxylic acids is 1. The fourth-order valence-corrected chi connectivity index (χ4v) is 0.963. The van der Waals surface area contributed by atoms with Gasteiger partial charge < -0.3 is 4.42 Å². The van der Waals surface area contributed by atoms with Crippen LogP contribution in [0.4, 0.5) is 0 Å². The van der Waals surface area contributed by atoms with E-state index in [0.717, 1.165) is 6.29 Å². The molecule has 0 aliphatic rings. The molecule has 2 aromatic rings. The van der Waals surface area contributed by atoms with Crippen LogP contribution >= 0.6 is 0 Å². The van der Waals surface area contributed by atoms with E-state index >= 15 is 0 Å². The number of hydrogen-bond donors (Lipinski definition) is 0. The van der Waals surface area contributed by atoms with Gasteiger partial charge in [0, 0.05) is 11.8 Å². The number of rotatable bonds is 2. The van der Waals surface area contributed by atoms with E-state index in [9.17, 15) is 4.79 Å². The van der Waals surface area contributed by atoms with Crippen LogP contribution in [-0.2, 0) is 0 Å². The molecular formula is C9H6N2O2. The molecular weight excluding hydrogens is 168 g/mol. The van der Waals surface area contributed by atoms with Crippen LogP contribution in [0.15, 0.2) is 35.3 Å². The first-order valence-electron chi connectivity index (χ1n) is 3.70. The molecule has 4 nitrogen and oxygen atoms in total. The molecule has 0 aromatic carbocycles. The van der Waals surface area contributed by atoms with Gasteiger partial charge in [0.1, 0.15) is 5.69 Å². The van der Waals surface area contributed by atoms with Gasteiger partial charge in [-0.2, -0.15) is 0 Å². The molecule has 0 saturated heterocycles. The highest BCUT2D eigenvalue weighted by Crippen LogP contribution is 2.14. The summed E-state index contributed by atoms with van der Waals surface area (Å²) in [7, 11) is 0. The van der Waals surface area contributed by atoms with E-state index in [-0.39, 0.29) is 0 Å². The highest BCUT2D eigenvalue weighted by molar-refractivity contribution is 5.74. The fourth-order valence-electron chi connectivity index (χ4n) is 0.963. The van der Waals surface area contributed by atoms with Crippen molar-refractivity contribution in [2.75, 3.05) is 0 Å². The lowest BCUT2D eigenvalue weighted by atomic mass is 10.2. The zero-order valence-electron chi connectivity index (χ0n) is 6.68. The number of aromatic nitrogens is 2. The van der Waals surface area contributed by atoms with Crippen molar-refractivity contribution in [3.8, 4) is 11.5 Å². The Kier molecular flexibility index (Phi) is 1.88. The monoisotopic (exact) mass is 174 g/mol. The Morgan fingerprint density at radius 3 is 2.77 bits per heavy atom. The molecule has 4 heteroatoms. The summed E-state index contributed by atoms with van der Waals surface area (Å²) >= 11 is 0. The lowest BCUT2D eigenvalue weighted by Gasteiger charge is -1.93. The Bertz CT molecular complexity index is 392. The van der Waals surface area contributed by atoms with Crippen molar-refractivity contribution < 1.29 is 9.21 Å². The molecule has 0 aliphatic heterocycles. The summed E-state index contributed by atoms with van der Waals surface area (Å²) in [6.45, 7) is 0. The Morgan fingerprint density at radius 2 is 2.23 bits per heavy atom. The topological polar surface area (TPSA) is 56.0 Å². The average Bonchev–Trinajstić information content (AvgIpc) is 2.71. The van der Waals surface area contributed by atoms with E-state index in [1.807, 2.05) is 0 Å². The summed E-state index contributed by atoms with van der Waals surface area (Å²) < 4.78 is 5.03. The summed E-state index contributed by atoms with van der Waals surface area (Å²) in [6, 6.07) is 3.39. The van der Waals surface area contributed by atoms with Crippen molar-refractivity contribution in [3.05, 3.63) is 36.5 Å². The second kappa shape index (κ2) is 3.18. The van der Waals surface area contributed by atoms with E-state index in [1.165, 1.54) is 12.6 Å². The molecule has 0 radical (unpaired) electrons. The van der Waals surface area contributed by atoms with Crippen molar-refractivity contribution in [2.45, 2.75) is 0 Å². The van der Waals surface area contributed by atoms with Crippen LogP contribution in [0.3, 0.4) is 0 Å². The van der Waals surface area contributed by atoms with Gasteiger partial charge >= 0.3 is 0 Å². The summed E-state index contributed by atoms with van der Waals surface area (Å²) in [5, 5.41) is 0. The maximum atomic E-state index is 10.3. The van der Waals surface area contributed by atoms with Gasteiger partial charge in [-0.25, -0.2) is 4.98 Å². The maximum Gasteiger partial charge on any atom is 0.181 e. The quantitative estimate of drug-likeness (QED) is 0.648. The Balaban J connectivity index is 2.38. The minimum atomic E-state index is 0.545. The van der Waals surface area contributed by atoms with E-state index in [0.29, 0.717) is 17.0 Å². The Morgan fingerprint density at radius 1 is 1.31 bits per heavy atom. The number of carbonyl (C=O) groups is 1. The van der Waals surface area contributed by atoms with E-state index in [1.54, 1.807) is 18.3 Å². The standard InChI is InChI=1S/C9H6N2O2/c12-5-7-1-2-8(11-3-7)9-4-10-6-13-9/h1-6H. The first kappa shape index (κ1) is 7.67. The third-order valence-electron chi connectivity index (χ3n) is 1.61. The van der Waals surface area contributed by atoms with Crippen molar-refractivity contribution in [2.24, 2.45) is 0 Å². The van der Waals surface area contributed by atoms with Gasteiger partial charge in [-0.3, -0.25) is 9.78 Å². The summed E-state index contributed by atoms with van der Waals surface area (Å²) in [5.41, 5.74) is 1.21. The summed E-state index contributed by atoms with van der Waals surface area (Å²) in [4.78, 5) is 18.1. The number of nitrogens with zero attached hydrogens (tertiary/aromatic N) is 2. The van der Waals surface area contributed by atoms with Gasteiger partial charge in [-0.15, -0.1) is 0 Å². The Labute approximate surface area is 74.2 Å². The normalized spacial score (nSPS) is 9.85. The number of hydrogen-bond acceptors (Lipinski definition) is 4. The second-order valence-electron chi connectivity index (χ2n) is 2.46. The molecule has 0 bridgehead atoms. The van der Waals surface area contributed by atoms with Crippen LogP contribution < -0.4 is 0 Å². The molecule has 0 amide bonds. The molecule has 0 fully saturated rings. The van der Waals surface area contributed by atoms with Crippen LogP contribution in [0.25, 0.3) is 11.5 Å². The number of aldehydes is 1. The van der Waals surface area contributed by atoms with Gasteiger partial charge in [0.25, 0.3) is 0 Å². The zero-order chi connectivity index (χ0) is 9.10. The number of oxazole rings is 1. The van der Waals surface area contributed by atoms with E-state index < -0.39 is 0 Å². The third kappa shape index (κ3) is 1.46. The van der Waals surface area contributed by atoms with E-state index in [4.69, 9.17) is 4.42 Å². The van der Waals surface area contributed by atoms with Crippen LogP contribution in [-0.4, -0.2) is 16.3 Å². The Hall–Kier alpha value is -1.97. The molecule has 0 spiro atoms. The molecule has 2 rings (SSSR count). The summed E-state index contributed by atoms with van der Waals surface area (Å²) in [5.74, 6) is 0.595. The maximum absolute atomic E-state index is 10.3. The highest BCUT2D eigenvalue weighted by Gasteiger charge is 2.01. The molecule has 64 valence electrons. The first-order chi connectivity index (χ1) is 6.40. The first-order valence-corrected chi connectivity index (χ1v) is 3.70. The molecule has 0 atom stereocenters. The van der Waals surface area contributed by atoms with Crippen molar-refractivity contribution in [1.29, 1.82) is 0 Å². The predicted molar refractivity (Wildman–Crippen MR) is 45.1 cm³/mol. The molecule has 2 aromatic heterocycles. The molecule has 0 N–H and O–H groups in total. The second-order valence-corrected chi connectivity index (χ2v) is 2.46. The van der Waals surface area contributed by atoms with Crippen molar-refractivity contribution in [1.82, 2.24) is 9.97 Å². The highest BCUT2D eigenvalue weighted by atomic mass is 16.3. The van der Waals surface area contributed by atoms with Crippen molar-refractivity contribution >= 4 is 6.29 Å². The van der Waals surface area contributed by atoms with Crippen LogP contribution in [0.5, 0.6) is 0 Å². The van der Waals surface area contributed by atoms with Crippen molar-refractivity contribution in [3.63, 3.8) is 0 Å². The smallest absolute Gasteiger partial charge is 0.181 e. The SMILES string of the molecule is O=Cc1ccc(-c2cnco2)nc1. The van der Waals surface area contributed by atoms with Gasteiger partial charge in [0.05, 0.1) is 6.20 Å². The minimum absolute atomic E-state index is 0.545. The minimum Gasteiger partial charge on any atom is -0.442 e. The van der Waals surface area contributed by atoms with Gasteiger partial charge in [0.15, 0.2) is 18.4 Å². The van der Waals surface area contributed by atoms with E-state index in [2.05, 4.69) is 9.97 Å². The van der Waals surface area contributed by atoms with Gasteiger partial charge in [-0.1, -0.05) is 0 Å². The lowest BCUT2D eigenvalue weighted by molar-refractivity contribution is 0.112.